The van der Waals surface area contributed by atoms with Gasteiger partial charge >= 0.3 is 12.4 Å². The third kappa shape index (κ3) is 8.92. The van der Waals surface area contributed by atoms with Crippen molar-refractivity contribution >= 4 is 5.71 Å². The van der Waals surface area contributed by atoms with Gasteiger partial charge in [-0.05, 0) is 79.9 Å². The number of halogens is 6. The number of aliphatic hydroxyl groups is 1. The molecule has 1 aliphatic heterocycles. The van der Waals surface area contributed by atoms with Crippen LogP contribution in [0.1, 0.15) is 48.4 Å². The lowest BCUT2D eigenvalue weighted by Crippen LogP contribution is -2.49. The third-order valence-electron chi connectivity index (χ3n) is 7.39. The van der Waals surface area contributed by atoms with E-state index in [1.54, 1.807) is 6.08 Å². The Morgan fingerprint density at radius 3 is 2.15 bits per heavy atom. The zero-order valence-electron chi connectivity index (χ0n) is 22.8. The molecule has 1 unspecified atom stereocenters. The Kier molecular flexibility index (Phi) is 10.8. The van der Waals surface area contributed by atoms with E-state index in [1.165, 1.54) is 6.20 Å². The summed E-state index contributed by atoms with van der Waals surface area (Å²) in [6.45, 7) is 3.15. The molecule has 2 aromatic rings. The fourth-order valence-corrected chi connectivity index (χ4v) is 5.08. The normalized spacial score (nSPS) is 17.6. The van der Waals surface area contributed by atoms with Gasteiger partial charge in [-0.25, -0.2) is 0 Å². The monoisotopic (exact) mass is 584 g/mol. The molecule has 0 bridgehead atoms. The molecule has 0 aliphatic carbocycles. The Bertz CT molecular complexity index is 1180. The van der Waals surface area contributed by atoms with Gasteiger partial charge < -0.3 is 20.5 Å². The molecule has 1 atom stereocenters. The third-order valence-corrected chi connectivity index (χ3v) is 7.39. The van der Waals surface area contributed by atoms with E-state index in [9.17, 15) is 31.4 Å². The maximum atomic E-state index is 13.2. The molecule has 0 spiro atoms. The minimum atomic E-state index is -4.94. The molecule has 41 heavy (non-hydrogen) atoms. The van der Waals surface area contributed by atoms with E-state index >= 15 is 0 Å². The Morgan fingerprint density at radius 1 is 1.05 bits per heavy atom. The van der Waals surface area contributed by atoms with Gasteiger partial charge in [0.15, 0.2) is 5.71 Å². The van der Waals surface area contributed by atoms with Crippen molar-refractivity contribution in [1.82, 2.24) is 4.90 Å². The van der Waals surface area contributed by atoms with Crippen LogP contribution >= 0.6 is 0 Å². The first-order valence-electron chi connectivity index (χ1n) is 13.3. The predicted octanol–water partition coefficient (Wildman–Crippen LogP) is 4.85. The van der Waals surface area contributed by atoms with Crippen molar-refractivity contribution < 1.29 is 41.6 Å². The van der Waals surface area contributed by atoms with Crippen molar-refractivity contribution in [2.75, 3.05) is 26.2 Å². The highest BCUT2D eigenvalue weighted by Crippen LogP contribution is 2.37. The molecule has 1 fully saturated rings. The molecule has 11 heteroatoms. The zero-order valence-corrected chi connectivity index (χ0v) is 22.8. The second-order valence-corrected chi connectivity index (χ2v) is 10.2. The zero-order chi connectivity index (χ0) is 30.3. The van der Waals surface area contributed by atoms with Crippen LogP contribution in [0.3, 0.4) is 0 Å². The average Bonchev–Trinajstić information content (AvgIpc) is 2.93. The fourth-order valence-electron chi connectivity index (χ4n) is 5.08. The molecule has 0 aromatic heterocycles. The number of hydrogen-bond acceptors (Lipinski definition) is 4. The lowest BCUT2D eigenvalue weighted by molar-refractivity contribution is -0.143. The van der Waals surface area contributed by atoms with E-state index in [0.717, 1.165) is 11.1 Å². The van der Waals surface area contributed by atoms with Crippen LogP contribution in [0.25, 0.3) is 0 Å². The van der Waals surface area contributed by atoms with E-state index in [-0.39, 0.29) is 24.2 Å². The van der Waals surface area contributed by atoms with E-state index < -0.39 is 35.7 Å². The van der Waals surface area contributed by atoms with Crippen LogP contribution in [0.5, 0.6) is 0 Å². The molecule has 1 heterocycles. The summed E-state index contributed by atoms with van der Waals surface area (Å²) in [6.07, 6.45) is -3.25. The minimum Gasteiger partial charge on any atom is -0.405 e. The van der Waals surface area contributed by atoms with Gasteiger partial charge in [0.1, 0.15) is 6.61 Å². The molecule has 1 aliphatic rings. The minimum absolute atomic E-state index is 0.0821. The first-order chi connectivity index (χ1) is 19.3. The number of likely N-dealkylation sites (tertiary alicyclic amines) is 1. The highest BCUT2D eigenvalue weighted by molar-refractivity contribution is 5.85. The highest BCUT2D eigenvalue weighted by Gasteiger charge is 2.37. The van der Waals surface area contributed by atoms with E-state index in [4.69, 9.17) is 15.9 Å². The lowest BCUT2D eigenvalue weighted by Gasteiger charge is -2.39. The average molecular weight is 585 g/mol. The van der Waals surface area contributed by atoms with Crippen LogP contribution < -0.4 is 11.1 Å². The van der Waals surface area contributed by atoms with Crippen molar-refractivity contribution in [3.05, 3.63) is 94.7 Å². The Labute approximate surface area is 235 Å². The van der Waals surface area contributed by atoms with Crippen molar-refractivity contribution in [3.63, 3.8) is 0 Å². The Balaban J connectivity index is 1.64. The van der Waals surface area contributed by atoms with Crippen LogP contribution in [0.4, 0.5) is 26.3 Å². The molecule has 2 aromatic carbocycles. The Morgan fingerprint density at radius 2 is 1.63 bits per heavy atom. The second kappa shape index (κ2) is 13.7. The van der Waals surface area contributed by atoms with Crippen LogP contribution in [0.2, 0.25) is 0 Å². The van der Waals surface area contributed by atoms with Gasteiger partial charge in [0.05, 0.1) is 29.3 Å². The molecule has 224 valence electrons. The molecule has 0 radical (unpaired) electrons. The number of rotatable bonds is 11. The van der Waals surface area contributed by atoms with E-state index in [1.807, 2.05) is 43.3 Å². The Hall–Kier alpha value is -3.15. The summed E-state index contributed by atoms with van der Waals surface area (Å²) in [6, 6.07) is 10.9. The molecule has 3 rings (SSSR count). The van der Waals surface area contributed by atoms with Gasteiger partial charge in [0.2, 0.25) is 0 Å². The van der Waals surface area contributed by atoms with Crippen molar-refractivity contribution in [2.24, 2.45) is 11.7 Å². The van der Waals surface area contributed by atoms with Gasteiger partial charge in [0, 0.05) is 13.1 Å². The number of piperidine rings is 1. The number of benzene rings is 2. The van der Waals surface area contributed by atoms with Gasteiger partial charge in [-0.1, -0.05) is 36.4 Å². The molecule has 0 saturated carbocycles. The quantitative estimate of drug-likeness (QED) is 0.200. The topological polar surface area (TPSA) is 84.3 Å². The van der Waals surface area contributed by atoms with Gasteiger partial charge in [-0.2, -0.15) is 26.3 Å². The SMILES string of the molecule is C/C=C(\C=C/N)C(CCN1CCC(O)(c2ccccc2)CC1)C(=[NH2+])COCc1cc(C(F)(F)F)cc(C(F)(F)F)c1. The summed E-state index contributed by atoms with van der Waals surface area (Å²) >= 11 is 0. The largest absolute Gasteiger partial charge is 0.416 e. The summed E-state index contributed by atoms with van der Waals surface area (Å²) in [7, 11) is 0. The summed E-state index contributed by atoms with van der Waals surface area (Å²) in [4.78, 5) is 2.22. The molecule has 5 N–H and O–H groups in total. The molecule has 0 amide bonds. The molecule has 5 nitrogen and oxygen atoms in total. The van der Waals surface area contributed by atoms with E-state index in [2.05, 4.69) is 4.90 Å². The summed E-state index contributed by atoms with van der Waals surface area (Å²) in [5, 5.41) is 17.5. The van der Waals surface area contributed by atoms with Gasteiger partial charge in [-0.15, -0.1) is 0 Å². The molecule has 1 saturated heterocycles. The highest BCUT2D eigenvalue weighted by atomic mass is 19.4. The van der Waals surface area contributed by atoms with Crippen molar-refractivity contribution in [2.45, 2.75) is 50.7 Å². The first kappa shape index (κ1) is 32.4. The standard InChI is InChI=1S/C30H35F6N3O2/c1-2-22(8-12-37)26(9-13-39-14-10-28(40,11-15-39)23-6-4-3-5-7-23)27(38)20-41-19-21-16-24(29(31,32)33)18-25(17-21)30(34,35)36/h2-8,12,16-18,26,38,40H,9-11,13-15,19-20,37H2,1H3/p+1/b12-8-,22-2+,38-27?. The number of nitrogens with two attached hydrogens (primary N) is 2. The van der Waals surface area contributed by atoms with Crippen molar-refractivity contribution in [1.29, 1.82) is 0 Å². The smallest absolute Gasteiger partial charge is 0.405 e. The molecular weight excluding hydrogens is 548 g/mol. The summed E-state index contributed by atoms with van der Waals surface area (Å²) in [5.41, 5.74) is 3.75. The maximum Gasteiger partial charge on any atom is 0.416 e. The van der Waals surface area contributed by atoms with Crippen LogP contribution in [-0.2, 0) is 29.3 Å². The van der Waals surface area contributed by atoms with Crippen molar-refractivity contribution in [3.8, 4) is 0 Å². The van der Waals surface area contributed by atoms with Gasteiger partial charge in [0.25, 0.3) is 0 Å². The van der Waals surface area contributed by atoms with Crippen LogP contribution in [-0.4, -0.2) is 42.0 Å². The summed E-state index contributed by atoms with van der Waals surface area (Å²) < 4.78 is 84.6. The lowest BCUT2D eigenvalue weighted by atomic mass is 9.84. The predicted molar refractivity (Wildman–Crippen MR) is 144 cm³/mol. The maximum absolute atomic E-state index is 13.2. The molecular formula is C30H36F6N3O2+. The van der Waals surface area contributed by atoms with E-state index in [0.29, 0.717) is 56.7 Å². The van der Waals surface area contributed by atoms with Crippen LogP contribution in [0.15, 0.2) is 72.5 Å². The first-order valence-corrected chi connectivity index (χ1v) is 13.3. The second-order valence-electron chi connectivity index (χ2n) is 10.2. The number of ether oxygens (including phenoxy) is 1. The number of nitrogens with zero attached hydrogens (tertiary/aromatic N) is 1. The van der Waals surface area contributed by atoms with Gasteiger partial charge in [-0.3, -0.25) is 5.41 Å². The fraction of sp³-hybridized carbons (Fsp3) is 0.433. The summed E-state index contributed by atoms with van der Waals surface area (Å²) in [5.74, 6) is -0.318. The van der Waals surface area contributed by atoms with Crippen LogP contribution in [0, 0.1) is 5.92 Å². The number of alkyl halides is 6. The number of hydrogen-bond donors (Lipinski definition) is 3. The number of allylic oxidation sites excluding steroid dienone is 3.